The predicted molar refractivity (Wildman–Crippen MR) is 82.3 cm³/mol. The molecular formula is C16H20N2O2S. The lowest BCUT2D eigenvalue weighted by atomic mass is 10.1. The molecule has 1 aliphatic rings. The second kappa shape index (κ2) is 6.02. The number of aromatic nitrogens is 1. The van der Waals surface area contributed by atoms with E-state index in [4.69, 9.17) is 4.52 Å². The Labute approximate surface area is 128 Å². The highest BCUT2D eigenvalue weighted by Gasteiger charge is 2.32. The SMILES string of the molecule is CC(C)c1cc([C@H]2CCCN2C(=O)Cc2cccs2)on1. The van der Waals surface area contributed by atoms with Gasteiger partial charge in [0.05, 0.1) is 18.2 Å². The summed E-state index contributed by atoms with van der Waals surface area (Å²) in [7, 11) is 0. The average molecular weight is 304 g/mol. The fraction of sp³-hybridized carbons (Fsp3) is 0.500. The van der Waals surface area contributed by atoms with Crippen molar-refractivity contribution in [2.75, 3.05) is 6.54 Å². The maximum absolute atomic E-state index is 12.5. The summed E-state index contributed by atoms with van der Waals surface area (Å²) in [5.74, 6) is 1.36. The van der Waals surface area contributed by atoms with Gasteiger partial charge in [0.1, 0.15) is 0 Å². The van der Waals surface area contributed by atoms with Crippen LogP contribution in [0.5, 0.6) is 0 Å². The molecule has 0 radical (unpaired) electrons. The first kappa shape index (κ1) is 14.3. The second-order valence-corrected chi connectivity index (χ2v) is 6.84. The molecule has 112 valence electrons. The summed E-state index contributed by atoms with van der Waals surface area (Å²) in [4.78, 5) is 15.6. The van der Waals surface area contributed by atoms with Gasteiger partial charge in [-0.3, -0.25) is 4.79 Å². The summed E-state index contributed by atoms with van der Waals surface area (Å²) in [6.07, 6.45) is 2.47. The van der Waals surface area contributed by atoms with Gasteiger partial charge in [0.15, 0.2) is 5.76 Å². The first-order chi connectivity index (χ1) is 10.1. The number of hydrogen-bond donors (Lipinski definition) is 0. The van der Waals surface area contributed by atoms with Crippen molar-refractivity contribution in [2.24, 2.45) is 0 Å². The topological polar surface area (TPSA) is 46.3 Å². The molecule has 1 saturated heterocycles. The molecule has 0 unspecified atom stereocenters. The first-order valence-corrected chi connectivity index (χ1v) is 8.31. The summed E-state index contributed by atoms with van der Waals surface area (Å²) in [6.45, 7) is 5.00. The van der Waals surface area contributed by atoms with Crippen molar-refractivity contribution in [3.05, 3.63) is 39.9 Å². The minimum absolute atomic E-state index is 0.0532. The molecule has 3 heterocycles. The Hall–Kier alpha value is -1.62. The Morgan fingerprint density at radius 1 is 1.57 bits per heavy atom. The average Bonchev–Trinajstić information content (AvgIpc) is 3.19. The van der Waals surface area contributed by atoms with Crippen LogP contribution in [0.4, 0.5) is 0 Å². The van der Waals surface area contributed by atoms with Crippen LogP contribution in [0.2, 0.25) is 0 Å². The Morgan fingerprint density at radius 3 is 3.10 bits per heavy atom. The Morgan fingerprint density at radius 2 is 2.43 bits per heavy atom. The molecule has 1 atom stereocenters. The molecule has 2 aromatic rings. The van der Waals surface area contributed by atoms with Crippen molar-refractivity contribution in [2.45, 2.75) is 45.1 Å². The van der Waals surface area contributed by atoms with E-state index in [-0.39, 0.29) is 11.9 Å². The fourth-order valence-electron chi connectivity index (χ4n) is 2.76. The molecule has 5 heteroatoms. The zero-order valence-corrected chi connectivity index (χ0v) is 13.2. The number of likely N-dealkylation sites (tertiary alicyclic amines) is 1. The smallest absolute Gasteiger partial charge is 0.228 e. The maximum Gasteiger partial charge on any atom is 0.228 e. The van der Waals surface area contributed by atoms with Gasteiger partial charge < -0.3 is 9.42 Å². The van der Waals surface area contributed by atoms with Crippen LogP contribution >= 0.6 is 11.3 Å². The fourth-order valence-corrected chi connectivity index (χ4v) is 3.45. The Balaban J connectivity index is 1.73. The quantitative estimate of drug-likeness (QED) is 0.864. The van der Waals surface area contributed by atoms with E-state index in [0.717, 1.165) is 35.7 Å². The van der Waals surface area contributed by atoms with Crippen LogP contribution in [0.25, 0.3) is 0 Å². The molecule has 1 fully saturated rings. The molecule has 2 aromatic heterocycles. The van der Waals surface area contributed by atoms with Crippen molar-refractivity contribution < 1.29 is 9.32 Å². The molecule has 4 nitrogen and oxygen atoms in total. The molecule has 3 rings (SSSR count). The molecule has 0 aromatic carbocycles. The van der Waals surface area contributed by atoms with Crippen molar-refractivity contribution in [3.63, 3.8) is 0 Å². The number of carbonyl (C=O) groups is 1. The van der Waals surface area contributed by atoms with Gasteiger partial charge in [-0.1, -0.05) is 25.1 Å². The van der Waals surface area contributed by atoms with E-state index in [1.807, 2.05) is 28.5 Å². The summed E-state index contributed by atoms with van der Waals surface area (Å²) in [5, 5.41) is 6.13. The maximum atomic E-state index is 12.5. The van der Waals surface area contributed by atoms with Gasteiger partial charge in [-0.25, -0.2) is 0 Å². The molecule has 0 bridgehead atoms. The molecule has 1 aliphatic heterocycles. The highest BCUT2D eigenvalue weighted by atomic mass is 32.1. The Bertz CT molecular complexity index is 604. The number of hydrogen-bond acceptors (Lipinski definition) is 4. The normalized spacial score (nSPS) is 18.6. The number of thiophene rings is 1. The summed E-state index contributed by atoms with van der Waals surface area (Å²) < 4.78 is 5.48. The zero-order valence-electron chi connectivity index (χ0n) is 12.4. The molecule has 21 heavy (non-hydrogen) atoms. The van der Waals surface area contributed by atoms with Crippen molar-refractivity contribution in [1.29, 1.82) is 0 Å². The monoisotopic (exact) mass is 304 g/mol. The third kappa shape index (κ3) is 3.02. The lowest BCUT2D eigenvalue weighted by molar-refractivity contribution is -0.131. The third-order valence-electron chi connectivity index (χ3n) is 3.95. The highest BCUT2D eigenvalue weighted by molar-refractivity contribution is 7.10. The van der Waals surface area contributed by atoms with E-state index < -0.39 is 0 Å². The van der Waals surface area contributed by atoms with E-state index in [1.165, 1.54) is 0 Å². The minimum Gasteiger partial charge on any atom is -0.359 e. The van der Waals surface area contributed by atoms with Crippen LogP contribution < -0.4 is 0 Å². The van der Waals surface area contributed by atoms with E-state index in [9.17, 15) is 4.79 Å². The van der Waals surface area contributed by atoms with Crippen molar-refractivity contribution in [3.8, 4) is 0 Å². The number of nitrogens with zero attached hydrogens (tertiary/aromatic N) is 2. The van der Waals surface area contributed by atoms with E-state index >= 15 is 0 Å². The second-order valence-electron chi connectivity index (χ2n) is 5.81. The van der Waals surface area contributed by atoms with Crippen molar-refractivity contribution in [1.82, 2.24) is 10.1 Å². The van der Waals surface area contributed by atoms with Crippen LogP contribution in [-0.2, 0) is 11.2 Å². The largest absolute Gasteiger partial charge is 0.359 e. The van der Waals surface area contributed by atoms with Crippen LogP contribution in [0, 0.1) is 0 Å². The number of amides is 1. The van der Waals surface area contributed by atoms with Crippen LogP contribution in [0.3, 0.4) is 0 Å². The summed E-state index contributed by atoms with van der Waals surface area (Å²) in [6, 6.07) is 6.06. The molecule has 1 amide bonds. The highest BCUT2D eigenvalue weighted by Crippen LogP contribution is 2.33. The van der Waals surface area contributed by atoms with Gasteiger partial charge in [0, 0.05) is 17.5 Å². The zero-order chi connectivity index (χ0) is 14.8. The van der Waals surface area contributed by atoms with E-state index in [1.54, 1.807) is 11.3 Å². The molecule has 0 saturated carbocycles. The van der Waals surface area contributed by atoms with Crippen molar-refractivity contribution >= 4 is 17.2 Å². The minimum atomic E-state index is 0.0532. The number of rotatable bonds is 4. The molecule has 0 spiro atoms. The lowest BCUT2D eigenvalue weighted by Crippen LogP contribution is -2.31. The molecule has 0 N–H and O–H groups in total. The van der Waals surface area contributed by atoms with E-state index in [2.05, 4.69) is 19.0 Å². The summed E-state index contributed by atoms with van der Waals surface area (Å²) in [5.41, 5.74) is 0.961. The first-order valence-electron chi connectivity index (χ1n) is 7.43. The van der Waals surface area contributed by atoms with Gasteiger partial charge >= 0.3 is 0 Å². The standard InChI is InChI=1S/C16H20N2O2S/c1-11(2)13-10-15(20-17-13)14-6-3-7-18(14)16(19)9-12-5-4-8-21-12/h4-5,8,10-11,14H,3,6-7,9H2,1-2H3/t14-/m1/s1. The number of carbonyl (C=O) groups excluding carboxylic acids is 1. The Kier molecular flexibility index (Phi) is 4.10. The van der Waals surface area contributed by atoms with Crippen LogP contribution in [-0.4, -0.2) is 22.5 Å². The van der Waals surface area contributed by atoms with Gasteiger partial charge in [-0.2, -0.15) is 0 Å². The lowest BCUT2D eigenvalue weighted by Gasteiger charge is -2.22. The van der Waals surface area contributed by atoms with Gasteiger partial charge in [-0.05, 0) is 30.2 Å². The van der Waals surface area contributed by atoms with Gasteiger partial charge in [-0.15, -0.1) is 11.3 Å². The van der Waals surface area contributed by atoms with Crippen LogP contribution in [0.1, 0.15) is 55.0 Å². The van der Waals surface area contributed by atoms with E-state index in [0.29, 0.717) is 12.3 Å². The van der Waals surface area contributed by atoms with Gasteiger partial charge in [0.25, 0.3) is 0 Å². The molecular weight excluding hydrogens is 284 g/mol. The predicted octanol–water partition coefficient (Wildman–Crippen LogP) is 3.77. The van der Waals surface area contributed by atoms with Crippen LogP contribution in [0.15, 0.2) is 28.1 Å². The summed E-state index contributed by atoms with van der Waals surface area (Å²) >= 11 is 1.63. The van der Waals surface area contributed by atoms with Gasteiger partial charge in [0.2, 0.25) is 5.91 Å². The third-order valence-corrected chi connectivity index (χ3v) is 4.82. The molecule has 0 aliphatic carbocycles.